The number of nitrogens with zero attached hydrogens (tertiary/aromatic N) is 1. The maximum Gasteiger partial charge on any atom is 0.414 e. The molecule has 2 rings (SSSR count). The Bertz CT molecular complexity index is 462. The fourth-order valence-electron chi connectivity index (χ4n) is 2.03. The van der Waals surface area contributed by atoms with Crippen LogP contribution < -0.4 is 4.90 Å². The van der Waals surface area contributed by atoms with Gasteiger partial charge in [0.2, 0.25) is 0 Å². The monoisotopic (exact) mass is 255 g/mol. The van der Waals surface area contributed by atoms with Gasteiger partial charge in [-0.15, -0.1) is 0 Å². The van der Waals surface area contributed by atoms with Crippen LogP contribution in [-0.4, -0.2) is 18.7 Å². The van der Waals surface area contributed by atoms with Crippen LogP contribution in [0.15, 0.2) is 18.2 Å². The van der Waals surface area contributed by atoms with Crippen molar-refractivity contribution in [2.24, 2.45) is 5.92 Å². The summed E-state index contributed by atoms with van der Waals surface area (Å²) in [5, 5.41) is 0. The molecule has 0 N–H and O–H groups in total. The van der Waals surface area contributed by atoms with Gasteiger partial charge in [-0.05, 0) is 24.5 Å². The van der Waals surface area contributed by atoms with Crippen LogP contribution in [0.5, 0.6) is 0 Å². The maximum atomic E-state index is 13.1. The van der Waals surface area contributed by atoms with E-state index in [1.54, 1.807) is 0 Å². The molecule has 1 atom stereocenters. The van der Waals surface area contributed by atoms with Crippen molar-refractivity contribution in [2.45, 2.75) is 26.4 Å². The summed E-state index contributed by atoms with van der Waals surface area (Å²) in [6, 6.07) is 3.39. The minimum Gasteiger partial charge on any atom is -0.444 e. The SMILES string of the molecule is CC(C)C[C@H]1CN(c2ccc(F)c(F)c2)C(=O)O1. The first-order valence-corrected chi connectivity index (χ1v) is 5.90. The molecule has 1 heterocycles. The highest BCUT2D eigenvalue weighted by Crippen LogP contribution is 2.25. The minimum atomic E-state index is -0.965. The molecule has 0 spiro atoms. The topological polar surface area (TPSA) is 29.5 Å². The van der Waals surface area contributed by atoms with Gasteiger partial charge in [0.05, 0.1) is 12.2 Å². The lowest BCUT2D eigenvalue weighted by molar-refractivity contribution is 0.129. The van der Waals surface area contributed by atoms with Crippen molar-refractivity contribution in [1.29, 1.82) is 0 Å². The molecule has 1 aromatic rings. The second-order valence-electron chi connectivity index (χ2n) is 4.84. The molecular formula is C13H15F2NO2. The summed E-state index contributed by atoms with van der Waals surface area (Å²) in [4.78, 5) is 13.0. The quantitative estimate of drug-likeness (QED) is 0.829. The standard InChI is InChI=1S/C13H15F2NO2/c1-8(2)5-10-7-16(13(17)18-10)9-3-4-11(14)12(15)6-9/h3-4,6,8,10H,5,7H2,1-2H3/t10-/m0/s1. The molecule has 1 fully saturated rings. The molecule has 0 aromatic heterocycles. The maximum absolute atomic E-state index is 13.1. The number of halogens is 2. The van der Waals surface area contributed by atoms with E-state index in [1.807, 2.05) is 13.8 Å². The van der Waals surface area contributed by atoms with E-state index < -0.39 is 17.7 Å². The number of cyclic esters (lactones) is 1. The summed E-state index contributed by atoms with van der Waals surface area (Å²) in [5.74, 6) is -1.48. The normalized spacial score (nSPS) is 19.5. The molecule has 0 radical (unpaired) electrons. The number of rotatable bonds is 3. The molecule has 0 aliphatic carbocycles. The zero-order chi connectivity index (χ0) is 13.3. The number of hydrogen-bond donors (Lipinski definition) is 0. The number of carbonyl (C=O) groups is 1. The Hall–Kier alpha value is -1.65. The fourth-order valence-corrected chi connectivity index (χ4v) is 2.03. The van der Waals surface area contributed by atoms with Crippen molar-refractivity contribution in [2.75, 3.05) is 11.4 Å². The lowest BCUT2D eigenvalue weighted by Gasteiger charge is -2.13. The van der Waals surface area contributed by atoms with E-state index >= 15 is 0 Å². The lowest BCUT2D eigenvalue weighted by atomic mass is 10.1. The van der Waals surface area contributed by atoms with Gasteiger partial charge in [0.1, 0.15) is 6.10 Å². The Labute approximate surface area is 104 Å². The summed E-state index contributed by atoms with van der Waals surface area (Å²) in [7, 11) is 0. The van der Waals surface area contributed by atoms with Crippen LogP contribution in [0.1, 0.15) is 20.3 Å². The number of benzene rings is 1. The summed E-state index contributed by atoms with van der Waals surface area (Å²) in [6.45, 7) is 4.45. The molecule has 5 heteroatoms. The molecule has 98 valence electrons. The van der Waals surface area contributed by atoms with E-state index in [0.29, 0.717) is 18.2 Å². The molecule has 1 aliphatic heterocycles. The van der Waals surface area contributed by atoms with Crippen LogP contribution in [-0.2, 0) is 4.74 Å². The Balaban J connectivity index is 2.14. The second-order valence-corrected chi connectivity index (χ2v) is 4.84. The number of ether oxygens (including phenoxy) is 1. The largest absolute Gasteiger partial charge is 0.444 e. The van der Waals surface area contributed by atoms with E-state index in [2.05, 4.69) is 0 Å². The Morgan fingerprint density at radius 2 is 2.11 bits per heavy atom. The third-order valence-corrected chi connectivity index (χ3v) is 2.82. The van der Waals surface area contributed by atoms with Crippen molar-refractivity contribution < 1.29 is 18.3 Å². The smallest absolute Gasteiger partial charge is 0.414 e. The minimum absolute atomic E-state index is 0.189. The number of carbonyl (C=O) groups excluding carboxylic acids is 1. The van der Waals surface area contributed by atoms with Gasteiger partial charge in [-0.2, -0.15) is 0 Å². The highest BCUT2D eigenvalue weighted by molar-refractivity contribution is 5.89. The Morgan fingerprint density at radius 1 is 1.39 bits per heavy atom. The number of amides is 1. The van der Waals surface area contributed by atoms with Gasteiger partial charge in [-0.25, -0.2) is 13.6 Å². The first-order valence-electron chi connectivity index (χ1n) is 5.90. The van der Waals surface area contributed by atoms with E-state index in [4.69, 9.17) is 4.74 Å². The Kier molecular flexibility index (Phi) is 3.50. The summed E-state index contributed by atoms with van der Waals surface area (Å²) in [6.07, 6.45) is 0.0589. The van der Waals surface area contributed by atoms with Gasteiger partial charge in [0.25, 0.3) is 0 Å². The van der Waals surface area contributed by atoms with Crippen LogP contribution in [0.3, 0.4) is 0 Å². The number of hydrogen-bond acceptors (Lipinski definition) is 2. The zero-order valence-corrected chi connectivity index (χ0v) is 10.3. The first-order chi connectivity index (χ1) is 8.47. The van der Waals surface area contributed by atoms with E-state index in [0.717, 1.165) is 18.6 Å². The summed E-state index contributed by atoms with van der Waals surface area (Å²) >= 11 is 0. The van der Waals surface area contributed by atoms with Crippen LogP contribution in [0.25, 0.3) is 0 Å². The average Bonchev–Trinajstić information content (AvgIpc) is 2.62. The van der Waals surface area contributed by atoms with Crippen molar-refractivity contribution >= 4 is 11.8 Å². The second kappa shape index (κ2) is 4.92. The molecule has 0 saturated carbocycles. The fraction of sp³-hybridized carbons (Fsp3) is 0.462. The predicted molar refractivity (Wildman–Crippen MR) is 63.4 cm³/mol. The molecule has 0 bridgehead atoms. The molecule has 1 aliphatic rings. The summed E-state index contributed by atoms with van der Waals surface area (Å²) < 4.78 is 31.1. The molecule has 0 unspecified atom stereocenters. The molecule has 1 amide bonds. The van der Waals surface area contributed by atoms with Crippen molar-refractivity contribution in [3.8, 4) is 0 Å². The van der Waals surface area contributed by atoms with E-state index in [-0.39, 0.29) is 6.10 Å². The zero-order valence-electron chi connectivity index (χ0n) is 10.3. The highest BCUT2D eigenvalue weighted by Gasteiger charge is 2.32. The predicted octanol–water partition coefficient (Wildman–Crippen LogP) is 3.34. The molecule has 1 saturated heterocycles. The third-order valence-electron chi connectivity index (χ3n) is 2.82. The molecule has 3 nitrogen and oxygen atoms in total. The third kappa shape index (κ3) is 2.60. The van der Waals surface area contributed by atoms with Crippen molar-refractivity contribution in [1.82, 2.24) is 0 Å². The van der Waals surface area contributed by atoms with Gasteiger partial charge < -0.3 is 4.74 Å². The molecule has 1 aromatic carbocycles. The van der Waals surface area contributed by atoms with Gasteiger partial charge in [0.15, 0.2) is 11.6 Å². The Morgan fingerprint density at radius 3 is 2.72 bits per heavy atom. The average molecular weight is 255 g/mol. The first kappa shape index (κ1) is 12.8. The number of anilines is 1. The van der Waals surface area contributed by atoms with E-state index in [9.17, 15) is 13.6 Å². The van der Waals surface area contributed by atoms with Crippen LogP contribution >= 0.6 is 0 Å². The highest BCUT2D eigenvalue weighted by atomic mass is 19.2. The van der Waals surface area contributed by atoms with Gasteiger partial charge in [-0.3, -0.25) is 4.90 Å². The summed E-state index contributed by atoms with van der Waals surface area (Å²) in [5.41, 5.74) is 0.324. The van der Waals surface area contributed by atoms with Gasteiger partial charge in [-0.1, -0.05) is 13.8 Å². The lowest BCUT2D eigenvalue weighted by Crippen LogP contribution is -2.25. The van der Waals surface area contributed by atoms with Crippen LogP contribution in [0.4, 0.5) is 19.3 Å². The van der Waals surface area contributed by atoms with Crippen LogP contribution in [0.2, 0.25) is 0 Å². The molecule has 18 heavy (non-hydrogen) atoms. The van der Waals surface area contributed by atoms with Crippen molar-refractivity contribution in [3.63, 3.8) is 0 Å². The van der Waals surface area contributed by atoms with Crippen molar-refractivity contribution in [3.05, 3.63) is 29.8 Å². The van der Waals surface area contributed by atoms with Gasteiger partial charge >= 0.3 is 6.09 Å². The van der Waals surface area contributed by atoms with Gasteiger partial charge in [0, 0.05) is 6.07 Å². The molecular weight excluding hydrogens is 240 g/mol. The van der Waals surface area contributed by atoms with E-state index in [1.165, 1.54) is 11.0 Å². The van der Waals surface area contributed by atoms with Crippen LogP contribution in [0, 0.1) is 17.6 Å².